The Morgan fingerprint density at radius 3 is 2.32 bits per heavy atom. The summed E-state index contributed by atoms with van der Waals surface area (Å²) in [6.45, 7) is 9.78. The number of aliphatic imine (C=N–C) groups is 1. The van der Waals surface area contributed by atoms with Gasteiger partial charge in [0.05, 0.1) is 0 Å². The first kappa shape index (κ1) is 24.0. The lowest BCUT2D eigenvalue weighted by atomic mass is 10.2. The number of para-hydroxylation sites is 1. The van der Waals surface area contributed by atoms with Gasteiger partial charge in [-0.3, -0.25) is 4.99 Å². The summed E-state index contributed by atoms with van der Waals surface area (Å²) in [6.07, 6.45) is 3.26. The fourth-order valence-electron chi connectivity index (χ4n) is 2.49. The molecule has 5 nitrogen and oxygen atoms in total. The molecule has 0 spiro atoms. The van der Waals surface area contributed by atoms with Crippen molar-refractivity contribution in [2.24, 2.45) is 4.99 Å². The monoisotopic (exact) mass is 462 g/mol. The van der Waals surface area contributed by atoms with Crippen LogP contribution in [0.25, 0.3) is 0 Å². The molecule has 0 aliphatic rings. The summed E-state index contributed by atoms with van der Waals surface area (Å²) in [5.74, 6) is 0.883. The lowest BCUT2D eigenvalue weighted by Crippen LogP contribution is -2.39. The minimum absolute atomic E-state index is 0. The van der Waals surface area contributed by atoms with Crippen LogP contribution in [-0.2, 0) is 4.74 Å². The molecule has 0 aliphatic heterocycles. The van der Waals surface area contributed by atoms with Gasteiger partial charge in [0, 0.05) is 52.1 Å². The molecule has 1 aromatic rings. The first-order valence-electron chi connectivity index (χ1n) is 9.14. The maximum absolute atomic E-state index is 5.34. The van der Waals surface area contributed by atoms with Gasteiger partial charge in [-0.15, -0.1) is 24.0 Å². The number of ether oxygens (including phenoxy) is 1. The van der Waals surface area contributed by atoms with Gasteiger partial charge in [0.1, 0.15) is 0 Å². The molecule has 0 atom stereocenters. The van der Waals surface area contributed by atoms with Gasteiger partial charge in [0.15, 0.2) is 5.96 Å². The standard InChI is InChI=1S/C19H34N4O.HI/c1-4-23(18-12-7-6-8-13-18)16-11-15-22-19(20-3)21-14-9-10-17-24-5-2;/h6-8,12-13H,4-5,9-11,14-17H2,1-3H3,(H2,20,21,22);1H. The molecule has 6 heteroatoms. The molecule has 0 aromatic heterocycles. The molecule has 2 N–H and O–H groups in total. The lowest BCUT2D eigenvalue weighted by Gasteiger charge is -2.23. The second kappa shape index (κ2) is 16.4. The molecule has 1 rings (SSSR count). The number of unbranched alkanes of at least 4 members (excludes halogenated alkanes) is 1. The Morgan fingerprint density at radius 1 is 1.04 bits per heavy atom. The number of nitrogens with one attached hydrogen (secondary N) is 2. The molecule has 0 saturated carbocycles. The van der Waals surface area contributed by atoms with Crippen molar-refractivity contribution in [1.29, 1.82) is 0 Å². The minimum Gasteiger partial charge on any atom is -0.382 e. The van der Waals surface area contributed by atoms with E-state index in [4.69, 9.17) is 4.74 Å². The van der Waals surface area contributed by atoms with E-state index in [-0.39, 0.29) is 24.0 Å². The van der Waals surface area contributed by atoms with E-state index in [9.17, 15) is 0 Å². The Kier molecular flexibility index (Phi) is 15.8. The van der Waals surface area contributed by atoms with Crippen molar-refractivity contribution >= 4 is 35.6 Å². The fraction of sp³-hybridized carbons (Fsp3) is 0.632. The molecule has 0 aliphatic carbocycles. The van der Waals surface area contributed by atoms with Crippen LogP contribution in [0.15, 0.2) is 35.3 Å². The smallest absolute Gasteiger partial charge is 0.190 e. The van der Waals surface area contributed by atoms with Crippen molar-refractivity contribution in [1.82, 2.24) is 10.6 Å². The zero-order valence-corrected chi connectivity index (χ0v) is 18.3. The normalized spacial score (nSPS) is 10.9. The highest BCUT2D eigenvalue weighted by Gasteiger charge is 2.03. The number of hydrogen-bond acceptors (Lipinski definition) is 3. The lowest BCUT2D eigenvalue weighted by molar-refractivity contribution is 0.143. The highest BCUT2D eigenvalue weighted by molar-refractivity contribution is 14.0. The minimum atomic E-state index is 0. The molecule has 0 amide bonds. The van der Waals surface area contributed by atoms with Gasteiger partial charge in [-0.1, -0.05) is 18.2 Å². The van der Waals surface area contributed by atoms with E-state index >= 15 is 0 Å². The van der Waals surface area contributed by atoms with Crippen LogP contribution in [0, 0.1) is 0 Å². The number of hydrogen-bond donors (Lipinski definition) is 2. The molecule has 0 unspecified atom stereocenters. The SMILES string of the molecule is CCOCCCCNC(=NC)NCCCN(CC)c1ccccc1.I. The maximum Gasteiger partial charge on any atom is 0.190 e. The third-order valence-corrected chi connectivity index (χ3v) is 3.84. The Morgan fingerprint density at radius 2 is 1.72 bits per heavy atom. The van der Waals surface area contributed by atoms with Gasteiger partial charge in [-0.05, 0) is 45.2 Å². The Balaban J connectivity index is 0.00000576. The van der Waals surface area contributed by atoms with Gasteiger partial charge in [0.25, 0.3) is 0 Å². The van der Waals surface area contributed by atoms with Crippen LogP contribution >= 0.6 is 24.0 Å². The number of anilines is 1. The van der Waals surface area contributed by atoms with Gasteiger partial charge in [-0.25, -0.2) is 0 Å². The van der Waals surface area contributed by atoms with E-state index in [2.05, 4.69) is 57.8 Å². The molecule has 0 bridgehead atoms. The second-order valence-corrected chi connectivity index (χ2v) is 5.60. The van der Waals surface area contributed by atoms with Gasteiger partial charge < -0.3 is 20.3 Å². The molecule has 0 radical (unpaired) electrons. The second-order valence-electron chi connectivity index (χ2n) is 5.60. The van der Waals surface area contributed by atoms with Crippen molar-refractivity contribution in [3.8, 4) is 0 Å². The first-order valence-corrected chi connectivity index (χ1v) is 9.14. The summed E-state index contributed by atoms with van der Waals surface area (Å²) in [6, 6.07) is 10.6. The van der Waals surface area contributed by atoms with E-state index in [1.807, 2.05) is 14.0 Å². The summed E-state index contributed by atoms with van der Waals surface area (Å²) in [5.41, 5.74) is 1.29. The summed E-state index contributed by atoms with van der Waals surface area (Å²) < 4.78 is 5.34. The Hall–Kier alpha value is -1.02. The fourth-order valence-corrected chi connectivity index (χ4v) is 2.49. The van der Waals surface area contributed by atoms with Crippen molar-refractivity contribution in [3.63, 3.8) is 0 Å². The summed E-state index contributed by atoms with van der Waals surface area (Å²) >= 11 is 0. The van der Waals surface area contributed by atoms with Crippen LogP contribution in [0.4, 0.5) is 5.69 Å². The molecule has 144 valence electrons. The third kappa shape index (κ3) is 11.3. The number of nitrogens with zero attached hydrogens (tertiary/aromatic N) is 2. The molecular weight excluding hydrogens is 427 g/mol. The van der Waals surface area contributed by atoms with Crippen molar-refractivity contribution in [2.45, 2.75) is 33.1 Å². The number of guanidine groups is 1. The quantitative estimate of drug-likeness (QED) is 0.216. The molecule has 0 fully saturated rings. The van der Waals surface area contributed by atoms with Crippen molar-refractivity contribution in [2.75, 3.05) is 51.3 Å². The van der Waals surface area contributed by atoms with E-state index in [1.165, 1.54) is 5.69 Å². The molecule has 0 saturated heterocycles. The summed E-state index contributed by atoms with van der Waals surface area (Å²) in [5, 5.41) is 6.73. The van der Waals surface area contributed by atoms with Crippen LogP contribution in [0.1, 0.15) is 33.1 Å². The zero-order chi connectivity index (χ0) is 17.5. The van der Waals surface area contributed by atoms with E-state index in [1.54, 1.807) is 0 Å². The van der Waals surface area contributed by atoms with E-state index in [0.717, 1.165) is 64.6 Å². The van der Waals surface area contributed by atoms with Crippen molar-refractivity contribution < 1.29 is 4.74 Å². The molecular formula is C19H35IN4O. The van der Waals surface area contributed by atoms with Crippen LogP contribution in [0.2, 0.25) is 0 Å². The molecule has 25 heavy (non-hydrogen) atoms. The van der Waals surface area contributed by atoms with Crippen LogP contribution < -0.4 is 15.5 Å². The largest absolute Gasteiger partial charge is 0.382 e. The van der Waals surface area contributed by atoms with Crippen molar-refractivity contribution in [3.05, 3.63) is 30.3 Å². The molecule has 1 aromatic carbocycles. The van der Waals surface area contributed by atoms with Gasteiger partial charge in [-0.2, -0.15) is 0 Å². The third-order valence-electron chi connectivity index (χ3n) is 3.84. The van der Waals surface area contributed by atoms with Crippen LogP contribution in [-0.4, -0.2) is 52.4 Å². The Bertz CT molecular complexity index is 442. The number of benzene rings is 1. The zero-order valence-electron chi connectivity index (χ0n) is 16.0. The topological polar surface area (TPSA) is 48.9 Å². The van der Waals surface area contributed by atoms with E-state index in [0.29, 0.717) is 0 Å². The number of rotatable bonds is 12. The van der Waals surface area contributed by atoms with Crippen LogP contribution in [0.3, 0.4) is 0 Å². The average molecular weight is 462 g/mol. The highest BCUT2D eigenvalue weighted by Crippen LogP contribution is 2.12. The van der Waals surface area contributed by atoms with Gasteiger partial charge in [0.2, 0.25) is 0 Å². The molecule has 0 heterocycles. The average Bonchev–Trinajstić information content (AvgIpc) is 2.63. The highest BCUT2D eigenvalue weighted by atomic mass is 127. The van der Waals surface area contributed by atoms with Gasteiger partial charge >= 0.3 is 0 Å². The summed E-state index contributed by atoms with van der Waals surface area (Å²) in [4.78, 5) is 6.66. The maximum atomic E-state index is 5.34. The van der Waals surface area contributed by atoms with Crippen LogP contribution in [0.5, 0.6) is 0 Å². The summed E-state index contributed by atoms with van der Waals surface area (Å²) in [7, 11) is 1.82. The predicted molar refractivity (Wildman–Crippen MR) is 119 cm³/mol. The van der Waals surface area contributed by atoms with E-state index < -0.39 is 0 Å². The Labute approximate surface area is 170 Å². The number of halogens is 1. The first-order chi connectivity index (χ1) is 11.8. The predicted octanol–water partition coefficient (Wildman–Crippen LogP) is 3.50.